The van der Waals surface area contributed by atoms with E-state index in [9.17, 15) is 18.4 Å². The fourth-order valence-electron chi connectivity index (χ4n) is 2.69. The minimum absolute atomic E-state index is 0.00678. The molecule has 2 aromatic carbocycles. The van der Waals surface area contributed by atoms with Crippen LogP contribution >= 0.6 is 11.3 Å². The van der Waals surface area contributed by atoms with Gasteiger partial charge in [0.25, 0.3) is 0 Å². The largest absolute Gasteiger partial charge is 0.349 e. The Labute approximate surface area is 164 Å². The number of aromatic nitrogens is 1. The van der Waals surface area contributed by atoms with Gasteiger partial charge in [-0.1, -0.05) is 30.3 Å². The molecule has 1 atom stereocenters. The first-order valence-corrected chi connectivity index (χ1v) is 9.33. The van der Waals surface area contributed by atoms with Crippen molar-refractivity contribution in [3.63, 3.8) is 0 Å². The summed E-state index contributed by atoms with van der Waals surface area (Å²) in [4.78, 5) is 28.0. The number of rotatable bonds is 6. The third-order valence-corrected chi connectivity index (χ3v) is 4.68. The zero-order valence-corrected chi connectivity index (χ0v) is 15.7. The molecule has 0 unspecified atom stereocenters. The van der Waals surface area contributed by atoms with Crippen LogP contribution < -0.4 is 10.6 Å². The second-order valence-electron chi connectivity index (χ2n) is 6.08. The molecule has 28 heavy (non-hydrogen) atoms. The van der Waals surface area contributed by atoms with Gasteiger partial charge in [-0.05, 0) is 23.8 Å². The Balaban J connectivity index is 1.71. The standard InChI is InChI=1S/C20H17F2N3O2S/c1-12(26)23-17(13-5-3-2-4-6-13)10-19(27)25-20-24-18(11-28-20)15-9-14(21)7-8-16(15)22/h2-9,11,17H,10H2,1H3,(H,23,26)(H,24,25,27)/t17-/m1/s1. The highest BCUT2D eigenvalue weighted by atomic mass is 32.1. The average Bonchev–Trinajstić information content (AvgIpc) is 3.11. The van der Waals surface area contributed by atoms with Crippen LogP contribution in [0.3, 0.4) is 0 Å². The van der Waals surface area contributed by atoms with Gasteiger partial charge in [0.05, 0.1) is 18.2 Å². The molecule has 3 aromatic rings. The third kappa shape index (κ3) is 4.98. The molecular formula is C20H17F2N3O2S. The quantitative estimate of drug-likeness (QED) is 0.647. The van der Waals surface area contributed by atoms with Gasteiger partial charge in [-0.15, -0.1) is 11.3 Å². The van der Waals surface area contributed by atoms with Crippen molar-refractivity contribution < 1.29 is 18.4 Å². The van der Waals surface area contributed by atoms with Gasteiger partial charge < -0.3 is 10.6 Å². The summed E-state index contributed by atoms with van der Waals surface area (Å²) in [6.07, 6.45) is 0.00678. The van der Waals surface area contributed by atoms with Crippen molar-refractivity contribution in [2.75, 3.05) is 5.32 Å². The molecular weight excluding hydrogens is 384 g/mol. The van der Waals surface area contributed by atoms with Crippen molar-refractivity contribution in [2.45, 2.75) is 19.4 Å². The lowest BCUT2D eigenvalue weighted by Crippen LogP contribution is -2.29. The van der Waals surface area contributed by atoms with Crippen molar-refractivity contribution in [3.05, 3.63) is 71.1 Å². The molecule has 8 heteroatoms. The molecule has 0 aliphatic rings. The number of anilines is 1. The number of halogens is 2. The van der Waals surface area contributed by atoms with Crippen LogP contribution in [0.5, 0.6) is 0 Å². The molecule has 5 nitrogen and oxygen atoms in total. The molecule has 0 aliphatic heterocycles. The number of thiazole rings is 1. The molecule has 2 amide bonds. The van der Waals surface area contributed by atoms with Gasteiger partial charge in [-0.2, -0.15) is 0 Å². The Bertz CT molecular complexity index is 992. The number of amides is 2. The summed E-state index contributed by atoms with van der Waals surface area (Å²) in [5, 5.41) is 7.19. The van der Waals surface area contributed by atoms with E-state index >= 15 is 0 Å². The topological polar surface area (TPSA) is 71.1 Å². The number of benzene rings is 2. The molecule has 0 saturated heterocycles. The van der Waals surface area contributed by atoms with E-state index < -0.39 is 17.7 Å². The molecule has 0 radical (unpaired) electrons. The third-order valence-electron chi connectivity index (χ3n) is 3.92. The maximum absolute atomic E-state index is 13.9. The minimum atomic E-state index is -0.598. The summed E-state index contributed by atoms with van der Waals surface area (Å²) < 4.78 is 27.2. The van der Waals surface area contributed by atoms with Crippen LogP contribution in [-0.4, -0.2) is 16.8 Å². The Morgan fingerprint density at radius 2 is 1.89 bits per heavy atom. The van der Waals surface area contributed by atoms with Crippen LogP contribution in [-0.2, 0) is 9.59 Å². The lowest BCUT2D eigenvalue weighted by molar-refractivity contribution is -0.120. The highest BCUT2D eigenvalue weighted by Gasteiger charge is 2.18. The van der Waals surface area contributed by atoms with Crippen LogP contribution in [0.1, 0.15) is 24.9 Å². The smallest absolute Gasteiger partial charge is 0.228 e. The first-order valence-electron chi connectivity index (χ1n) is 8.45. The van der Waals surface area contributed by atoms with Crippen molar-refractivity contribution in [2.24, 2.45) is 0 Å². The van der Waals surface area contributed by atoms with Gasteiger partial charge >= 0.3 is 0 Å². The van der Waals surface area contributed by atoms with Gasteiger partial charge in [0.1, 0.15) is 11.6 Å². The van der Waals surface area contributed by atoms with Crippen molar-refractivity contribution in [3.8, 4) is 11.3 Å². The van der Waals surface area contributed by atoms with E-state index in [1.54, 1.807) is 0 Å². The molecule has 1 heterocycles. The first kappa shape index (κ1) is 19.6. The number of carbonyl (C=O) groups excluding carboxylic acids is 2. The predicted octanol–water partition coefficient (Wildman–Crippen LogP) is 4.29. The Morgan fingerprint density at radius 1 is 1.14 bits per heavy atom. The van der Waals surface area contributed by atoms with Crippen molar-refractivity contribution in [1.29, 1.82) is 0 Å². The van der Waals surface area contributed by atoms with Gasteiger partial charge in [0.2, 0.25) is 11.8 Å². The highest BCUT2D eigenvalue weighted by Crippen LogP contribution is 2.28. The van der Waals surface area contributed by atoms with Gasteiger partial charge in [0, 0.05) is 17.9 Å². The number of carbonyl (C=O) groups is 2. The molecule has 144 valence electrons. The van der Waals surface area contributed by atoms with E-state index in [0.717, 1.165) is 35.1 Å². The summed E-state index contributed by atoms with van der Waals surface area (Å²) >= 11 is 1.10. The Morgan fingerprint density at radius 3 is 2.61 bits per heavy atom. The highest BCUT2D eigenvalue weighted by molar-refractivity contribution is 7.14. The molecule has 2 N–H and O–H groups in total. The summed E-state index contributed by atoms with van der Waals surface area (Å²) in [5.74, 6) is -1.78. The summed E-state index contributed by atoms with van der Waals surface area (Å²) in [6.45, 7) is 1.38. The van der Waals surface area contributed by atoms with Crippen LogP contribution in [0, 0.1) is 11.6 Å². The van der Waals surface area contributed by atoms with Crippen molar-refractivity contribution >= 4 is 28.3 Å². The average molecular weight is 401 g/mol. The number of nitrogens with zero attached hydrogens (tertiary/aromatic N) is 1. The summed E-state index contributed by atoms with van der Waals surface area (Å²) in [6, 6.07) is 11.8. The predicted molar refractivity (Wildman–Crippen MR) is 104 cm³/mol. The zero-order chi connectivity index (χ0) is 20.1. The molecule has 0 bridgehead atoms. The molecule has 1 aromatic heterocycles. The second-order valence-corrected chi connectivity index (χ2v) is 6.94. The van der Waals surface area contributed by atoms with E-state index in [1.807, 2.05) is 30.3 Å². The monoisotopic (exact) mass is 401 g/mol. The van der Waals surface area contributed by atoms with E-state index in [-0.39, 0.29) is 34.6 Å². The molecule has 0 saturated carbocycles. The van der Waals surface area contributed by atoms with Crippen LogP contribution in [0.2, 0.25) is 0 Å². The van der Waals surface area contributed by atoms with Crippen LogP contribution in [0.25, 0.3) is 11.3 Å². The van der Waals surface area contributed by atoms with Crippen LogP contribution in [0.4, 0.5) is 13.9 Å². The van der Waals surface area contributed by atoms with E-state index in [2.05, 4.69) is 15.6 Å². The van der Waals surface area contributed by atoms with E-state index in [0.29, 0.717) is 0 Å². The van der Waals surface area contributed by atoms with E-state index in [4.69, 9.17) is 0 Å². The Hall–Kier alpha value is -3.13. The van der Waals surface area contributed by atoms with Crippen LogP contribution in [0.15, 0.2) is 53.9 Å². The molecule has 0 spiro atoms. The summed E-state index contributed by atoms with van der Waals surface area (Å²) in [7, 11) is 0. The van der Waals surface area contributed by atoms with E-state index in [1.165, 1.54) is 12.3 Å². The second kappa shape index (κ2) is 8.71. The fourth-order valence-corrected chi connectivity index (χ4v) is 3.41. The number of nitrogens with one attached hydrogen (secondary N) is 2. The zero-order valence-electron chi connectivity index (χ0n) is 14.9. The van der Waals surface area contributed by atoms with Gasteiger partial charge in [-0.3, -0.25) is 9.59 Å². The maximum Gasteiger partial charge on any atom is 0.228 e. The number of hydrogen-bond acceptors (Lipinski definition) is 4. The maximum atomic E-state index is 13.9. The lowest BCUT2D eigenvalue weighted by Gasteiger charge is -2.17. The minimum Gasteiger partial charge on any atom is -0.349 e. The van der Waals surface area contributed by atoms with Gasteiger partial charge in [-0.25, -0.2) is 13.8 Å². The van der Waals surface area contributed by atoms with Crippen molar-refractivity contribution in [1.82, 2.24) is 10.3 Å². The fraction of sp³-hybridized carbons (Fsp3) is 0.150. The molecule has 3 rings (SSSR count). The lowest BCUT2D eigenvalue weighted by atomic mass is 10.0. The first-order chi connectivity index (χ1) is 13.4. The molecule has 0 fully saturated rings. The normalized spacial score (nSPS) is 11.7. The van der Waals surface area contributed by atoms with Gasteiger partial charge in [0.15, 0.2) is 5.13 Å². The number of hydrogen-bond donors (Lipinski definition) is 2. The molecule has 0 aliphatic carbocycles. The SMILES string of the molecule is CC(=O)N[C@H](CC(=O)Nc1nc(-c2cc(F)ccc2F)cs1)c1ccccc1. The summed E-state index contributed by atoms with van der Waals surface area (Å²) in [5.41, 5.74) is 1.06. The Kier molecular flexibility index (Phi) is 6.10.